The maximum Gasteiger partial charge on any atom is 0.127 e. The second-order valence-electron chi connectivity index (χ2n) is 5.04. The first-order chi connectivity index (χ1) is 9.24. The van der Waals surface area contributed by atoms with Gasteiger partial charge in [0.25, 0.3) is 0 Å². The molecule has 1 aliphatic carbocycles. The smallest absolute Gasteiger partial charge is 0.127 e. The zero-order valence-corrected chi connectivity index (χ0v) is 11.0. The summed E-state index contributed by atoms with van der Waals surface area (Å²) in [5, 5.41) is 9.06. The van der Waals surface area contributed by atoms with Crippen molar-refractivity contribution >= 4 is 11.0 Å². The van der Waals surface area contributed by atoms with E-state index in [-0.39, 0.29) is 12.6 Å². The number of aromatic nitrogens is 2. The Kier molecular flexibility index (Phi) is 3.16. The third-order valence-corrected chi connectivity index (χ3v) is 3.61. The van der Waals surface area contributed by atoms with Crippen LogP contribution in [0.4, 0.5) is 0 Å². The lowest BCUT2D eigenvalue weighted by molar-refractivity contribution is 0.273. The Labute approximate surface area is 112 Å². The van der Waals surface area contributed by atoms with Gasteiger partial charge in [0.1, 0.15) is 11.6 Å². The molecule has 3 N–H and O–H groups in total. The molecule has 102 valence electrons. The number of rotatable bonds is 5. The molecule has 1 aromatic heterocycles. The number of methoxy groups -OCH3 is 1. The van der Waals surface area contributed by atoms with Crippen molar-refractivity contribution in [1.29, 1.82) is 0 Å². The highest BCUT2D eigenvalue weighted by molar-refractivity contribution is 5.78. The van der Waals surface area contributed by atoms with Crippen LogP contribution in [0.5, 0.6) is 5.75 Å². The highest BCUT2D eigenvalue weighted by atomic mass is 16.5. The van der Waals surface area contributed by atoms with E-state index in [1.807, 2.05) is 18.2 Å². The van der Waals surface area contributed by atoms with Crippen LogP contribution in [0.15, 0.2) is 18.2 Å². The lowest BCUT2D eigenvalue weighted by Gasteiger charge is -2.13. The van der Waals surface area contributed by atoms with E-state index in [4.69, 9.17) is 15.6 Å². The Balaban J connectivity index is 2.11. The molecular weight excluding hydrogens is 242 g/mol. The van der Waals surface area contributed by atoms with Crippen molar-refractivity contribution in [2.75, 3.05) is 13.7 Å². The van der Waals surface area contributed by atoms with Crippen molar-refractivity contribution in [2.24, 2.45) is 5.73 Å². The topological polar surface area (TPSA) is 73.3 Å². The van der Waals surface area contributed by atoms with Crippen molar-refractivity contribution < 1.29 is 9.84 Å². The maximum absolute atomic E-state index is 9.06. The van der Waals surface area contributed by atoms with Crippen LogP contribution < -0.4 is 10.5 Å². The molecule has 2 aromatic rings. The number of hydrogen-bond donors (Lipinski definition) is 2. The second-order valence-corrected chi connectivity index (χ2v) is 5.04. The highest BCUT2D eigenvalue weighted by Gasteiger charge is 2.30. The molecule has 1 atom stereocenters. The first-order valence-electron chi connectivity index (χ1n) is 6.67. The molecule has 1 heterocycles. The molecule has 1 unspecified atom stereocenters. The third-order valence-electron chi connectivity index (χ3n) is 3.61. The lowest BCUT2D eigenvalue weighted by Crippen LogP contribution is -2.17. The molecule has 3 rings (SSSR count). The quantitative estimate of drug-likeness (QED) is 0.860. The number of aliphatic hydroxyl groups is 1. The molecule has 0 saturated heterocycles. The van der Waals surface area contributed by atoms with Crippen LogP contribution in [0.1, 0.15) is 37.2 Å². The number of imidazole rings is 1. The average molecular weight is 261 g/mol. The van der Waals surface area contributed by atoms with Gasteiger partial charge in [-0.25, -0.2) is 4.98 Å². The van der Waals surface area contributed by atoms with E-state index in [1.165, 1.54) is 12.8 Å². The van der Waals surface area contributed by atoms with E-state index in [0.717, 1.165) is 22.6 Å². The first kappa shape index (κ1) is 12.4. The minimum atomic E-state index is -0.219. The molecule has 0 aliphatic heterocycles. The largest absolute Gasteiger partial charge is 0.497 e. The van der Waals surface area contributed by atoms with Crippen LogP contribution in [0.25, 0.3) is 11.0 Å². The minimum Gasteiger partial charge on any atom is -0.497 e. The van der Waals surface area contributed by atoms with Gasteiger partial charge in [0.15, 0.2) is 0 Å². The highest BCUT2D eigenvalue weighted by Crippen LogP contribution is 2.40. The number of benzene rings is 1. The normalized spacial score (nSPS) is 16.8. The molecule has 5 heteroatoms. The van der Waals surface area contributed by atoms with Crippen LogP contribution in [-0.2, 0) is 0 Å². The van der Waals surface area contributed by atoms with Crippen molar-refractivity contribution in [1.82, 2.24) is 9.55 Å². The molecular formula is C14H19N3O2. The summed E-state index contributed by atoms with van der Waals surface area (Å²) in [5.74, 6) is 1.68. The van der Waals surface area contributed by atoms with Gasteiger partial charge in [0.2, 0.25) is 0 Å². The molecule has 0 amide bonds. The molecule has 5 nitrogen and oxygen atoms in total. The molecule has 1 saturated carbocycles. The van der Waals surface area contributed by atoms with Crippen LogP contribution in [0.3, 0.4) is 0 Å². The van der Waals surface area contributed by atoms with E-state index >= 15 is 0 Å². The summed E-state index contributed by atoms with van der Waals surface area (Å²) in [4.78, 5) is 4.65. The second kappa shape index (κ2) is 4.83. The fourth-order valence-electron chi connectivity index (χ4n) is 2.47. The summed E-state index contributed by atoms with van der Waals surface area (Å²) in [6.45, 7) is 0.0817. The molecule has 1 aromatic carbocycles. The molecule has 0 radical (unpaired) electrons. The molecule has 1 fully saturated rings. The Morgan fingerprint density at radius 3 is 2.95 bits per heavy atom. The van der Waals surface area contributed by atoms with Gasteiger partial charge in [-0.3, -0.25) is 0 Å². The van der Waals surface area contributed by atoms with E-state index in [2.05, 4.69) is 9.55 Å². The number of fused-ring (bicyclic) bond motifs is 1. The van der Waals surface area contributed by atoms with Gasteiger partial charge < -0.3 is 20.1 Å². The predicted molar refractivity (Wildman–Crippen MR) is 73.2 cm³/mol. The number of hydrogen-bond acceptors (Lipinski definition) is 4. The number of aliphatic hydroxyl groups excluding tert-OH is 1. The summed E-state index contributed by atoms with van der Waals surface area (Å²) in [6, 6.07) is 6.21. The fraction of sp³-hybridized carbons (Fsp3) is 0.500. The SMILES string of the molecule is COc1ccc2c(c1)nc(C(N)CCO)n2C1CC1. The minimum absolute atomic E-state index is 0.0817. The van der Waals surface area contributed by atoms with E-state index in [1.54, 1.807) is 7.11 Å². The van der Waals surface area contributed by atoms with Gasteiger partial charge in [0.05, 0.1) is 24.2 Å². The van der Waals surface area contributed by atoms with Gasteiger partial charge in [-0.15, -0.1) is 0 Å². The summed E-state index contributed by atoms with van der Waals surface area (Å²) in [5.41, 5.74) is 8.15. The Morgan fingerprint density at radius 1 is 1.53 bits per heavy atom. The first-order valence-corrected chi connectivity index (χ1v) is 6.67. The van der Waals surface area contributed by atoms with Gasteiger partial charge in [-0.1, -0.05) is 0 Å². The van der Waals surface area contributed by atoms with E-state index in [0.29, 0.717) is 12.5 Å². The number of nitrogens with zero attached hydrogens (tertiary/aromatic N) is 2. The summed E-state index contributed by atoms with van der Waals surface area (Å²) >= 11 is 0. The van der Waals surface area contributed by atoms with Crippen LogP contribution in [-0.4, -0.2) is 28.4 Å². The zero-order chi connectivity index (χ0) is 13.4. The van der Waals surface area contributed by atoms with Crippen molar-refractivity contribution in [3.8, 4) is 5.75 Å². The number of ether oxygens (including phenoxy) is 1. The standard InChI is InChI=1S/C14H19N3O2/c1-19-10-4-5-13-12(8-10)16-14(11(15)6-7-18)17(13)9-2-3-9/h4-5,8-9,11,18H,2-3,6-7,15H2,1H3. The van der Waals surface area contributed by atoms with Gasteiger partial charge in [-0.05, 0) is 31.4 Å². The maximum atomic E-state index is 9.06. The molecule has 1 aliphatic rings. The van der Waals surface area contributed by atoms with Crippen molar-refractivity contribution in [3.63, 3.8) is 0 Å². The van der Waals surface area contributed by atoms with Crippen LogP contribution in [0, 0.1) is 0 Å². The summed E-state index contributed by atoms with van der Waals surface area (Å²) in [6.07, 6.45) is 2.89. The monoisotopic (exact) mass is 261 g/mol. The van der Waals surface area contributed by atoms with Gasteiger partial charge in [0, 0.05) is 18.7 Å². The van der Waals surface area contributed by atoms with E-state index < -0.39 is 0 Å². The summed E-state index contributed by atoms with van der Waals surface area (Å²) in [7, 11) is 1.65. The Hall–Kier alpha value is -1.59. The molecule has 19 heavy (non-hydrogen) atoms. The zero-order valence-electron chi connectivity index (χ0n) is 11.0. The van der Waals surface area contributed by atoms with Crippen LogP contribution >= 0.6 is 0 Å². The predicted octanol–water partition coefficient (Wildman–Crippen LogP) is 1.76. The number of nitrogens with two attached hydrogens (primary N) is 1. The van der Waals surface area contributed by atoms with Gasteiger partial charge >= 0.3 is 0 Å². The fourth-order valence-corrected chi connectivity index (χ4v) is 2.47. The van der Waals surface area contributed by atoms with Crippen molar-refractivity contribution in [2.45, 2.75) is 31.3 Å². The molecule has 0 spiro atoms. The Bertz CT molecular complexity index is 590. The summed E-state index contributed by atoms with van der Waals surface area (Å²) < 4.78 is 7.47. The van der Waals surface area contributed by atoms with Crippen LogP contribution in [0.2, 0.25) is 0 Å². The van der Waals surface area contributed by atoms with Gasteiger partial charge in [-0.2, -0.15) is 0 Å². The Morgan fingerprint density at radius 2 is 2.32 bits per heavy atom. The third kappa shape index (κ3) is 2.19. The average Bonchev–Trinajstić information content (AvgIpc) is 3.18. The van der Waals surface area contributed by atoms with E-state index in [9.17, 15) is 0 Å². The van der Waals surface area contributed by atoms with Crippen molar-refractivity contribution in [3.05, 3.63) is 24.0 Å². The lowest BCUT2D eigenvalue weighted by atomic mass is 10.2. The molecule has 0 bridgehead atoms.